The van der Waals surface area contributed by atoms with E-state index in [0.29, 0.717) is 23.3 Å². The lowest BCUT2D eigenvalue weighted by molar-refractivity contribution is 0.135. The minimum Gasteiger partial charge on any atom is -0.389 e. The molecular weight excluding hydrogens is 261 g/mol. The van der Waals surface area contributed by atoms with Crippen molar-refractivity contribution in [2.45, 2.75) is 45.2 Å². The van der Waals surface area contributed by atoms with Gasteiger partial charge in [-0.1, -0.05) is 24.7 Å². The van der Waals surface area contributed by atoms with Crippen LogP contribution in [0.2, 0.25) is 0 Å². The predicted octanol–water partition coefficient (Wildman–Crippen LogP) is 3.05. The van der Waals surface area contributed by atoms with Crippen LogP contribution in [0.4, 0.5) is 10.1 Å². The van der Waals surface area contributed by atoms with Crippen LogP contribution in [0.3, 0.4) is 0 Å². The van der Waals surface area contributed by atoms with E-state index in [9.17, 15) is 4.39 Å². The van der Waals surface area contributed by atoms with Gasteiger partial charge in [0.15, 0.2) is 0 Å². The number of hydrogen-bond acceptors (Lipinski definition) is 3. The second-order valence-corrected chi connectivity index (χ2v) is 5.61. The second kappa shape index (κ2) is 5.84. The Kier molecular flexibility index (Phi) is 4.37. The maximum atomic E-state index is 13.8. The number of benzene rings is 1. The molecule has 1 aromatic carbocycles. The average Bonchev–Trinajstić information content (AvgIpc) is 2.33. The second-order valence-electron chi connectivity index (χ2n) is 5.17. The van der Waals surface area contributed by atoms with Gasteiger partial charge in [-0.05, 0) is 38.8 Å². The molecule has 3 nitrogen and oxygen atoms in total. The van der Waals surface area contributed by atoms with E-state index in [1.807, 2.05) is 6.07 Å². The van der Waals surface area contributed by atoms with Crippen molar-refractivity contribution in [3.05, 3.63) is 29.6 Å². The first-order valence-electron chi connectivity index (χ1n) is 6.64. The topological polar surface area (TPSA) is 41.3 Å². The highest BCUT2D eigenvalue weighted by Crippen LogP contribution is 2.26. The first-order valence-corrected chi connectivity index (χ1v) is 7.05. The van der Waals surface area contributed by atoms with Gasteiger partial charge in [-0.15, -0.1) is 0 Å². The van der Waals surface area contributed by atoms with Crippen molar-refractivity contribution in [2.24, 2.45) is 5.73 Å². The molecule has 0 spiro atoms. The summed E-state index contributed by atoms with van der Waals surface area (Å²) >= 11 is 4.94. The summed E-state index contributed by atoms with van der Waals surface area (Å²) in [6.07, 6.45) is 3.50. The Labute approximate surface area is 118 Å². The number of halogens is 1. The van der Waals surface area contributed by atoms with Gasteiger partial charge in [0.25, 0.3) is 0 Å². The van der Waals surface area contributed by atoms with Crippen LogP contribution >= 0.6 is 12.2 Å². The predicted molar refractivity (Wildman–Crippen MR) is 80.5 cm³/mol. The molecule has 19 heavy (non-hydrogen) atoms. The van der Waals surface area contributed by atoms with E-state index in [-0.39, 0.29) is 10.8 Å². The van der Waals surface area contributed by atoms with E-state index in [1.54, 1.807) is 6.07 Å². The molecule has 0 aromatic heterocycles. The number of nitrogens with two attached hydrogens (primary N) is 1. The minimum absolute atomic E-state index is 0.0814. The number of anilines is 1. The third-order valence-corrected chi connectivity index (χ3v) is 3.91. The van der Waals surface area contributed by atoms with E-state index in [2.05, 4.69) is 24.3 Å². The molecule has 2 rings (SSSR count). The lowest BCUT2D eigenvalue weighted by Gasteiger charge is -2.39. The standard InChI is InChI=1S/C14H20FN3S/c1-9-5-3-6-10(2)18(9)17-12-8-4-7-11(15)13(12)14(16)19/h4,7-10,17H,3,5-6H2,1-2H3,(H2,16,19). The van der Waals surface area contributed by atoms with E-state index >= 15 is 0 Å². The summed E-state index contributed by atoms with van der Waals surface area (Å²) in [5.74, 6) is -0.380. The van der Waals surface area contributed by atoms with Gasteiger partial charge in [0.05, 0.1) is 11.3 Å². The van der Waals surface area contributed by atoms with Gasteiger partial charge in [0.2, 0.25) is 0 Å². The highest BCUT2D eigenvalue weighted by Gasteiger charge is 2.25. The maximum Gasteiger partial charge on any atom is 0.135 e. The molecule has 1 heterocycles. The Balaban J connectivity index is 2.27. The highest BCUT2D eigenvalue weighted by atomic mass is 32.1. The van der Waals surface area contributed by atoms with Crippen molar-refractivity contribution in [2.75, 3.05) is 5.43 Å². The van der Waals surface area contributed by atoms with Crippen molar-refractivity contribution in [3.8, 4) is 0 Å². The largest absolute Gasteiger partial charge is 0.389 e. The van der Waals surface area contributed by atoms with Gasteiger partial charge in [-0.3, -0.25) is 0 Å². The summed E-state index contributed by atoms with van der Waals surface area (Å²) in [5.41, 5.74) is 9.86. The van der Waals surface area contributed by atoms with Crippen LogP contribution in [0, 0.1) is 5.82 Å². The van der Waals surface area contributed by atoms with Crippen LogP contribution in [-0.2, 0) is 0 Å². The number of thiocarbonyl (C=S) groups is 1. The minimum atomic E-state index is -0.380. The molecule has 1 saturated heterocycles. The van der Waals surface area contributed by atoms with Crippen LogP contribution in [0.5, 0.6) is 0 Å². The van der Waals surface area contributed by atoms with E-state index in [4.69, 9.17) is 18.0 Å². The van der Waals surface area contributed by atoms with Crippen molar-refractivity contribution in [3.63, 3.8) is 0 Å². The van der Waals surface area contributed by atoms with Gasteiger partial charge < -0.3 is 11.2 Å². The Hall–Kier alpha value is -1.20. The van der Waals surface area contributed by atoms with Gasteiger partial charge >= 0.3 is 0 Å². The number of piperidine rings is 1. The molecule has 104 valence electrons. The molecule has 0 saturated carbocycles. The molecule has 0 radical (unpaired) electrons. The van der Waals surface area contributed by atoms with Crippen LogP contribution in [0.15, 0.2) is 18.2 Å². The molecule has 2 unspecified atom stereocenters. The average molecular weight is 281 g/mol. The Morgan fingerprint density at radius 3 is 2.58 bits per heavy atom. The van der Waals surface area contributed by atoms with Crippen molar-refractivity contribution < 1.29 is 4.39 Å². The summed E-state index contributed by atoms with van der Waals surface area (Å²) in [6.45, 7) is 4.34. The molecule has 0 aliphatic carbocycles. The molecule has 3 N–H and O–H groups in total. The summed E-state index contributed by atoms with van der Waals surface area (Å²) in [7, 11) is 0. The van der Waals surface area contributed by atoms with E-state index in [0.717, 1.165) is 12.8 Å². The molecule has 1 aliphatic heterocycles. The van der Waals surface area contributed by atoms with E-state index < -0.39 is 0 Å². The fourth-order valence-electron chi connectivity index (χ4n) is 2.65. The molecule has 0 bridgehead atoms. The highest BCUT2D eigenvalue weighted by molar-refractivity contribution is 7.80. The fourth-order valence-corrected chi connectivity index (χ4v) is 2.86. The monoisotopic (exact) mass is 281 g/mol. The van der Waals surface area contributed by atoms with Crippen molar-refractivity contribution in [1.29, 1.82) is 0 Å². The van der Waals surface area contributed by atoms with Gasteiger partial charge in [-0.2, -0.15) is 0 Å². The number of hydrogen-bond donors (Lipinski definition) is 2. The van der Waals surface area contributed by atoms with Gasteiger partial charge in [-0.25, -0.2) is 9.40 Å². The van der Waals surface area contributed by atoms with Crippen molar-refractivity contribution >= 4 is 22.9 Å². The molecule has 1 fully saturated rings. The number of nitrogens with zero attached hydrogens (tertiary/aromatic N) is 1. The summed E-state index contributed by atoms with van der Waals surface area (Å²) in [4.78, 5) is 0.0814. The SMILES string of the molecule is CC1CCCC(C)N1Nc1cccc(F)c1C(N)=S. The summed E-state index contributed by atoms with van der Waals surface area (Å²) in [6, 6.07) is 5.67. The molecule has 1 aliphatic rings. The first-order chi connectivity index (χ1) is 9.00. The summed E-state index contributed by atoms with van der Waals surface area (Å²) in [5, 5.41) is 2.17. The third-order valence-electron chi connectivity index (χ3n) is 3.70. The Morgan fingerprint density at radius 2 is 2.00 bits per heavy atom. The Morgan fingerprint density at radius 1 is 1.37 bits per heavy atom. The third kappa shape index (κ3) is 3.04. The van der Waals surface area contributed by atoms with Crippen LogP contribution in [0.25, 0.3) is 0 Å². The number of hydrazine groups is 1. The number of rotatable bonds is 3. The van der Waals surface area contributed by atoms with E-state index in [1.165, 1.54) is 12.5 Å². The number of nitrogens with one attached hydrogen (secondary N) is 1. The zero-order valence-electron chi connectivity index (χ0n) is 11.3. The molecule has 2 atom stereocenters. The Bertz CT molecular complexity index is 468. The lowest BCUT2D eigenvalue weighted by atomic mass is 10.00. The molecule has 1 aromatic rings. The lowest BCUT2D eigenvalue weighted by Crippen LogP contribution is -2.47. The van der Waals surface area contributed by atoms with Crippen molar-refractivity contribution in [1.82, 2.24) is 5.01 Å². The maximum absolute atomic E-state index is 13.8. The smallest absolute Gasteiger partial charge is 0.135 e. The van der Waals surface area contributed by atoms with Gasteiger partial charge in [0.1, 0.15) is 10.8 Å². The zero-order valence-corrected chi connectivity index (χ0v) is 12.1. The van der Waals surface area contributed by atoms with Gasteiger partial charge in [0, 0.05) is 12.1 Å². The fraction of sp³-hybridized carbons (Fsp3) is 0.500. The first kappa shape index (κ1) is 14.2. The van der Waals surface area contributed by atoms with Crippen LogP contribution < -0.4 is 11.2 Å². The normalized spacial score (nSPS) is 24.2. The molecule has 0 amide bonds. The zero-order chi connectivity index (χ0) is 14.0. The molecular formula is C14H20FN3S. The molecule has 5 heteroatoms. The van der Waals surface area contributed by atoms with Crippen LogP contribution in [0.1, 0.15) is 38.7 Å². The van der Waals surface area contributed by atoms with Crippen LogP contribution in [-0.4, -0.2) is 22.1 Å². The quantitative estimate of drug-likeness (QED) is 0.836. The summed E-state index contributed by atoms with van der Waals surface area (Å²) < 4.78 is 13.8.